The minimum atomic E-state index is 0.286. The van der Waals surface area contributed by atoms with Crippen molar-refractivity contribution in [2.75, 3.05) is 0 Å². The predicted octanol–water partition coefficient (Wildman–Crippen LogP) is 1.71. The van der Waals surface area contributed by atoms with Crippen molar-refractivity contribution in [2.45, 2.75) is 26.3 Å². The lowest BCUT2D eigenvalue weighted by Gasteiger charge is -2.05. The maximum Gasteiger partial charge on any atom is 0.133 e. The lowest BCUT2D eigenvalue weighted by Crippen LogP contribution is -2.05. The quantitative estimate of drug-likeness (QED) is 0.714. The fourth-order valence-electron chi connectivity index (χ4n) is 0.846. The average Bonchev–Trinajstić information content (AvgIpc) is 2.03. The van der Waals surface area contributed by atoms with Crippen molar-refractivity contribution in [1.82, 2.24) is 9.97 Å². The maximum atomic E-state index is 5.77. The van der Waals surface area contributed by atoms with Gasteiger partial charge in [0.2, 0.25) is 0 Å². The van der Waals surface area contributed by atoms with Gasteiger partial charge < -0.3 is 5.73 Å². The van der Waals surface area contributed by atoms with E-state index in [1.807, 2.05) is 13.8 Å². The molecule has 0 atom stereocenters. The van der Waals surface area contributed by atoms with Crippen LogP contribution in [0.4, 0.5) is 0 Å². The summed E-state index contributed by atoms with van der Waals surface area (Å²) >= 11 is 5.77. The van der Waals surface area contributed by atoms with Crippen molar-refractivity contribution >= 4 is 11.6 Å². The maximum absolute atomic E-state index is 5.77. The molecule has 0 aliphatic heterocycles. The molecule has 0 fully saturated rings. The van der Waals surface area contributed by atoms with Crippen molar-refractivity contribution < 1.29 is 0 Å². The van der Waals surface area contributed by atoms with Crippen LogP contribution in [0.25, 0.3) is 0 Å². The summed E-state index contributed by atoms with van der Waals surface area (Å²) in [6.45, 7) is 4.44. The third-order valence-electron chi connectivity index (χ3n) is 1.49. The highest BCUT2D eigenvalue weighted by molar-refractivity contribution is 6.29. The van der Waals surface area contributed by atoms with E-state index in [0.29, 0.717) is 11.7 Å². The van der Waals surface area contributed by atoms with Crippen LogP contribution >= 0.6 is 11.6 Å². The molecule has 0 radical (unpaired) electrons. The summed E-state index contributed by atoms with van der Waals surface area (Å²) < 4.78 is 0. The van der Waals surface area contributed by atoms with Crippen molar-refractivity contribution in [3.63, 3.8) is 0 Å². The van der Waals surface area contributed by atoms with Gasteiger partial charge in [0.15, 0.2) is 0 Å². The first kappa shape index (κ1) is 9.42. The number of halogens is 1. The molecular weight excluding hydrogens is 174 g/mol. The smallest absolute Gasteiger partial charge is 0.133 e. The zero-order chi connectivity index (χ0) is 9.14. The molecule has 0 aliphatic carbocycles. The molecule has 4 heteroatoms. The van der Waals surface area contributed by atoms with Crippen molar-refractivity contribution in [2.24, 2.45) is 5.73 Å². The zero-order valence-electron chi connectivity index (χ0n) is 7.21. The second-order valence-corrected chi connectivity index (χ2v) is 3.29. The molecule has 1 heterocycles. The van der Waals surface area contributed by atoms with Gasteiger partial charge in [0.05, 0.1) is 5.69 Å². The Kier molecular flexibility index (Phi) is 3.00. The van der Waals surface area contributed by atoms with Crippen molar-refractivity contribution in [3.8, 4) is 0 Å². The number of rotatable bonds is 2. The largest absolute Gasteiger partial charge is 0.325 e. The number of nitrogens with zero attached hydrogens (tertiary/aromatic N) is 2. The second kappa shape index (κ2) is 3.83. The second-order valence-electron chi connectivity index (χ2n) is 2.90. The van der Waals surface area contributed by atoms with Crippen LogP contribution in [0.5, 0.6) is 0 Å². The first-order valence-corrected chi connectivity index (χ1v) is 4.24. The molecule has 0 spiro atoms. The molecule has 3 nitrogen and oxygen atoms in total. The topological polar surface area (TPSA) is 51.8 Å². The summed E-state index contributed by atoms with van der Waals surface area (Å²) in [6.07, 6.45) is 0. The van der Waals surface area contributed by atoms with Crippen LogP contribution in [0.3, 0.4) is 0 Å². The molecule has 0 amide bonds. The predicted molar refractivity (Wildman–Crippen MR) is 49.0 cm³/mol. The van der Waals surface area contributed by atoms with Gasteiger partial charge in [0.1, 0.15) is 11.0 Å². The third-order valence-corrected chi connectivity index (χ3v) is 1.68. The summed E-state index contributed by atoms with van der Waals surface area (Å²) in [7, 11) is 0. The van der Waals surface area contributed by atoms with Gasteiger partial charge >= 0.3 is 0 Å². The zero-order valence-corrected chi connectivity index (χ0v) is 7.97. The van der Waals surface area contributed by atoms with E-state index in [1.54, 1.807) is 6.07 Å². The van der Waals surface area contributed by atoms with Crippen LogP contribution in [0.15, 0.2) is 6.07 Å². The van der Waals surface area contributed by atoms with Crippen LogP contribution in [0.1, 0.15) is 31.3 Å². The first-order chi connectivity index (χ1) is 5.63. The van der Waals surface area contributed by atoms with Crippen LogP contribution in [-0.4, -0.2) is 9.97 Å². The molecule has 0 unspecified atom stereocenters. The summed E-state index contributed by atoms with van der Waals surface area (Å²) in [4.78, 5) is 8.31. The van der Waals surface area contributed by atoms with Gasteiger partial charge in [-0.1, -0.05) is 25.4 Å². The van der Waals surface area contributed by atoms with E-state index in [4.69, 9.17) is 17.3 Å². The molecule has 0 aliphatic rings. The standard InChI is InChI=1S/C8H12ClN3/c1-5(2)8-11-6(4-10)3-7(9)12-8/h3,5H,4,10H2,1-2H3. The number of aromatic nitrogens is 2. The van der Waals surface area contributed by atoms with Crippen LogP contribution in [-0.2, 0) is 6.54 Å². The molecule has 2 N–H and O–H groups in total. The fraction of sp³-hybridized carbons (Fsp3) is 0.500. The Labute approximate surface area is 77.0 Å². The summed E-state index contributed by atoms with van der Waals surface area (Å²) in [6, 6.07) is 1.69. The Morgan fingerprint density at radius 1 is 1.50 bits per heavy atom. The van der Waals surface area contributed by atoms with Crippen LogP contribution in [0.2, 0.25) is 5.15 Å². The first-order valence-electron chi connectivity index (χ1n) is 3.87. The van der Waals surface area contributed by atoms with Crippen LogP contribution < -0.4 is 5.73 Å². The van der Waals surface area contributed by atoms with Crippen molar-refractivity contribution in [1.29, 1.82) is 0 Å². The summed E-state index contributed by atoms with van der Waals surface area (Å²) in [5, 5.41) is 0.467. The highest BCUT2D eigenvalue weighted by Gasteiger charge is 2.05. The Morgan fingerprint density at radius 2 is 2.17 bits per heavy atom. The van der Waals surface area contributed by atoms with Crippen molar-refractivity contribution in [3.05, 3.63) is 22.7 Å². The number of nitrogens with two attached hydrogens (primary N) is 1. The summed E-state index contributed by atoms with van der Waals surface area (Å²) in [5.74, 6) is 1.04. The van der Waals surface area contributed by atoms with Gasteiger partial charge in [-0.3, -0.25) is 0 Å². The molecule has 0 saturated heterocycles. The van der Waals surface area contributed by atoms with Gasteiger partial charge in [0, 0.05) is 12.5 Å². The van der Waals surface area contributed by atoms with Gasteiger partial charge in [-0.05, 0) is 6.07 Å². The molecule has 66 valence electrons. The molecule has 1 rings (SSSR count). The van der Waals surface area contributed by atoms with E-state index in [2.05, 4.69) is 9.97 Å². The molecule has 0 saturated carbocycles. The Morgan fingerprint density at radius 3 is 2.67 bits per heavy atom. The van der Waals surface area contributed by atoms with E-state index in [1.165, 1.54) is 0 Å². The van der Waals surface area contributed by atoms with Gasteiger partial charge in [-0.15, -0.1) is 0 Å². The molecule has 0 aromatic carbocycles. The van der Waals surface area contributed by atoms with E-state index in [0.717, 1.165) is 11.5 Å². The minimum absolute atomic E-state index is 0.286. The van der Waals surface area contributed by atoms with E-state index in [9.17, 15) is 0 Å². The lowest BCUT2D eigenvalue weighted by molar-refractivity contribution is 0.756. The molecule has 1 aromatic rings. The van der Waals surface area contributed by atoms with E-state index >= 15 is 0 Å². The number of hydrogen-bond acceptors (Lipinski definition) is 3. The molecule has 12 heavy (non-hydrogen) atoms. The monoisotopic (exact) mass is 185 g/mol. The van der Waals surface area contributed by atoms with E-state index < -0.39 is 0 Å². The molecule has 0 bridgehead atoms. The molecule has 1 aromatic heterocycles. The Balaban J connectivity index is 3.06. The lowest BCUT2D eigenvalue weighted by atomic mass is 10.2. The van der Waals surface area contributed by atoms with Gasteiger partial charge in [0.25, 0.3) is 0 Å². The highest BCUT2D eigenvalue weighted by Crippen LogP contribution is 2.13. The average molecular weight is 186 g/mol. The fourth-order valence-corrected chi connectivity index (χ4v) is 1.06. The van der Waals surface area contributed by atoms with Crippen LogP contribution in [0, 0.1) is 0 Å². The SMILES string of the molecule is CC(C)c1nc(Cl)cc(CN)n1. The highest BCUT2D eigenvalue weighted by atomic mass is 35.5. The minimum Gasteiger partial charge on any atom is -0.325 e. The Hall–Kier alpha value is -0.670. The Bertz CT molecular complexity index is 273. The van der Waals surface area contributed by atoms with Gasteiger partial charge in [-0.25, -0.2) is 9.97 Å². The van der Waals surface area contributed by atoms with E-state index in [-0.39, 0.29) is 5.92 Å². The molecular formula is C8H12ClN3. The third kappa shape index (κ3) is 2.16. The summed E-state index contributed by atoms with van der Waals surface area (Å²) in [5.41, 5.74) is 6.23. The normalized spacial score (nSPS) is 10.8. The van der Waals surface area contributed by atoms with Gasteiger partial charge in [-0.2, -0.15) is 0 Å². The number of hydrogen-bond donors (Lipinski definition) is 1.